The summed E-state index contributed by atoms with van der Waals surface area (Å²) in [7, 11) is 0. The van der Waals surface area contributed by atoms with E-state index < -0.39 is 0 Å². The molecule has 2 N–H and O–H groups in total. The standard InChI is InChI=1S/C10H19NS2/c1-7-10(13-5-4-12-7)9(11)6-8-2-3-8/h7-10H,2-6,11H2,1H3. The van der Waals surface area contributed by atoms with E-state index in [9.17, 15) is 0 Å². The predicted molar refractivity (Wildman–Crippen MR) is 63.5 cm³/mol. The Hall–Kier alpha value is 0.660. The lowest BCUT2D eigenvalue weighted by atomic mass is 10.1. The van der Waals surface area contributed by atoms with E-state index >= 15 is 0 Å². The van der Waals surface area contributed by atoms with Gasteiger partial charge in [-0.1, -0.05) is 19.8 Å². The molecule has 0 aromatic heterocycles. The lowest BCUT2D eigenvalue weighted by Gasteiger charge is -2.32. The Morgan fingerprint density at radius 3 is 2.62 bits per heavy atom. The molecule has 13 heavy (non-hydrogen) atoms. The van der Waals surface area contributed by atoms with Gasteiger partial charge in [0.25, 0.3) is 0 Å². The number of nitrogens with two attached hydrogens (primary N) is 1. The smallest absolute Gasteiger partial charge is 0.0315 e. The zero-order valence-electron chi connectivity index (χ0n) is 8.24. The molecule has 1 nitrogen and oxygen atoms in total. The van der Waals surface area contributed by atoms with Crippen LogP contribution >= 0.6 is 23.5 Å². The normalized spacial score (nSPS) is 37.4. The van der Waals surface area contributed by atoms with Crippen LogP contribution < -0.4 is 5.73 Å². The molecular formula is C10H19NS2. The van der Waals surface area contributed by atoms with Crippen molar-refractivity contribution in [1.29, 1.82) is 0 Å². The van der Waals surface area contributed by atoms with Crippen molar-refractivity contribution in [3.8, 4) is 0 Å². The van der Waals surface area contributed by atoms with Crippen LogP contribution in [0.5, 0.6) is 0 Å². The van der Waals surface area contributed by atoms with Gasteiger partial charge < -0.3 is 5.73 Å². The Labute approximate surface area is 89.6 Å². The largest absolute Gasteiger partial charge is 0.327 e. The lowest BCUT2D eigenvalue weighted by Crippen LogP contribution is -2.40. The SMILES string of the molecule is CC1SCCSC1C(N)CC1CC1. The summed E-state index contributed by atoms with van der Waals surface area (Å²) in [6, 6.07) is 0.459. The number of rotatable bonds is 3. The summed E-state index contributed by atoms with van der Waals surface area (Å²) in [6.45, 7) is 2.34. The summed E-state index contributed by atoms with van der Waals surface area (Å²) >= 11 is 4.20. The molecule has 1 heterocycles. The van der Waals surface area contributed by atoms with E-state index in [1.54, 1.807) is 0 Å². The van der Waals surface area contributed by atoms with Gasteiger partial charge in [0, 0.05) is 28.0 Å². The molecule has 76 valence electrons. The van der Waals surface area contributed by atoms with E-state index in [-0.39, 0.29) is 0 Å². The van der Waals surface area contributed by atoms with Crippen LogP contribution in [0.1, 0.15) is 26.2 Å². The van der Waals surface area contributed by atoms with Crippen LogP contribution in [0.25, 0.3) is 0 Å². The minimum Gasteiger partial charge on any atom is -0.327 e. The molecule has 3 heteroatoms. The van der Waals surface area contributed by atoms with Gasteiger partial charge in [0.1, 0.15) is 0 Å². The first-order chi connectivity index (χ1) is 6.27. The second-order valence-electron chi connectivity index (χ2n) is 4.25. The molecule has 0 bridgehead atoms. The van der Waals surface area contributed by atoms with E-state index in [0.29, 0.717) is 6.04 Å². The fourth-order valence-electron chi connectivity index (χ4n) is 1.99. The Bertz CT molecular complexity index is 170. The average molecular weight is 217 g/mol. The fraction of sp³-hybridized carbons (Fsp3) is 1.00. The molecular weight excluding hydrogens is 198 g/mol. The van der Waals surface area contributed by atoms with Crippen LogP contribution in [0.4, 0.5) is 0 Å². The predicted octanol–water partition coefficient (Wildman–Crippen LogP) is 2.35. The molecule has 0 aromatic carbocycles. The maximum Gasteiger partial charge on any atom is 0.0315 e. The van der Waals surface area contributed by atoms with Crippen molar-refractivity contribution in [1.82, 2.24) is 0 Å². The molecule has 1 saturated heterocycles. The van der Waals surface area contributed by atoms with Crippen LogP contribution in [-0.2, 0) is 0 Å². The quantitative estimate of drug-likeness (QED) is 0.786. The summed E-state index contributed by atoms with van der Waals surface area (Å²) in [5.74, 6) is 3.60. The minimum atomic E-state index is 0.459. The van der Waals surface area contributed by atoms with Gasteiger partial charge >= 0.3 is 0 Å². The summed E-state index contributed by atoms with van der Waals surface area (Å²) < 4.78 is 0. The molecule has 0 amide bonds. The van der Waals surface area contributed by atoms with E-state index in [0.717, 1.165) is 16.4 Å². The summed E-state index contributed by atoms with van der Waals surface area (Å²) in [5.41, 5.74) is 6.25. The summed E-state index contributed by atoms with van der Waals surface area (Å²) in [6.07, 6.45) is 4.15. The van der Waals surface area contributed by atoms with Crippen LogP contribution in [0.15, 0.2) is 0 Å². The van der Waals surface area contributed by atoms with E-state index in [2.05, 4.69) is 30.4 Å². The van der Waals surface area contributed by atoms with Crippen molar-refractivity contribution >= 4 is 23.5 Å². The zero-order valence-corrected chi connectivity index (χ0v) is 9.87. The van der Waals surface area contributed by atoms with Gasteiger partial charge in [-0.15, -0.1) is 0 Å². The first-order valence-electron chi connectivity index (χ1n) is 5.26. The zero-order chi connectivity index (χ0) is 9.26. The number of hydrogen-bond acceptors (Lipinski definition) is 3. The molecule has 2 rings (SSSR count). The molecule has 1 aliphatic heterocycles. The van der Waals surface area contributed by atoms with Gasteiger partial charge in [-0.05, 0) is 12.3 Å². The highest BCUT2D eigenvalue weighted by Gasteiger charge is 2.32. The van der Waals surface area contributed by atoms with Crippen LogP contribution in [-0.4, -0.2) is 28.0 Å². The first-order valence-corrected chi connectivity index (χ1v) is 7.36. The third-order valence-electron chi connectivity index (χ3n) is 2.96. The third kappa shape index (κ3) is 2.80. The molecule has 3 unspecified atom stereocenters. The molecule has 0 spiro atoms. The number of hydrogen-bond donors (Lipinski definition) is 1. The maximum absolute atomic E-state index is 6.25. The van der Waals surface area contributed by atoms with Crippen molar-refractivity contribution < 1.29 is 0 Å². The Balaban J connectivity index is 1.81. The van der Waals surface area contributed by atoms with E-state index in [1.165, 1.54) is 30.8 Å². The Kier molecular flexibility index (Phi) is 3.49. The molecule has 1 saturated carbocycles. The topological polar surface area (TPSA) is 26.0 Å². The molecule has 0 radical (unpaired) electrons. The minimum absolute atomic E-state index is 0.459. The van der Waals surface area contributed by atoms with E-state index in [4.69, 9.17) is 5.73 Å². The van der Waals surface area contributed by atoms with Gasteiger partial charge in [-0.3, -0.25) is 0 Å². The van der Waals surface area contributed by atoms with Crippen molar-refractivity contribution in [2.45, 2.75) is 42.7 Å². The van der Waals surface area contributed by atoms with Crippen LogP contribution in [0, 0.1) is 5.92 Å². The van der Waals surface area contributed by atoms with Gasteiger partial charge in [-0.25, -0.2) is 0 Å². The van der Waals surface area contributed by atoms with Gasteiger partial charge in [0.05, 0.1) is 0 Å². The van der Waals surface area contributed by atoms with Crippen LogP contribution in [0.2, 0.25) is 0 Å². The Morgan fingerprint density at radius 2 is 2.00 bits per heavy atom. The van der Waals surface area contributed by atoms with Crippen LogP contribution in [0.3, 0.4) is 0 Å². The highest BCUT2D eigenvalue weighted by Crippen LogP contribution is 2.38. The second-order valence-corrected chi connectivity index (χ2v) is 7.03. The molecule has 2 aliphatic rings. The van der Waals surface area contributed by atoms with E-state index in [1.807, 2.05) is 0 Å². The molecule has 0 aromatic rings. The average Bonchev–Trinajstić information content (AvgIpc) is 2.89. The summed E-state index contributed by atoms with van der Waals surface area (Å²) in [4.78, 5) is 0. The fourth-order valence-corrected chi connectivity index (χ4v) is 4.90. The van der Waals surface area contributed by atoms with Gasteiger partial charge in [0.15, 0.2) is 0 Å². The van der Waals surface area contributed by atoms with Crippen molar-refractivity contribution in [2.75, 3.05) is 11.5 Å². The third-order valence-corrected chi connectivity index (χ3v) is 6.23. The Morgan fingerprint density at radius 1 is 1.31 bits per heavy atom. The second kappa shape index (κ2) is 4.45. The van der Waals surface area contributed by atoms with Gasteiger partial charge in [-0.2, -0.15) is 23.5 Å². The number of thioether (sulfide) groups is 2. The van der Waals surface area contributed by atoms with Gasteiger partial charge in [0.2, 0.25) is 0 Å². The monoisotopic (exact) mass is 217 g/mol. The molecule has 2 fully saturated rings. The summed E-state index contributed by atoms with van der Waals surface area (Å²) in [5, 5.41) is 1.49. The molecule has 1 aliphatic carbocycles. The van der Waals surface area contributed by atoms with Crippen molar-refractivity contribution in [2.24, 2.45) is 11.7 Å². The highest BCUT2D eigenvalue weighted by atomic mass is 32.2. The highest BCUT2D eigenvalue weighted by molar-refractivity contribution is 8.07. The molecule has 3 atom stereocenters. The maximum atomic E-state index is 6.25. The van der Waals surface area contributed by atoms with Crippen molar-refractivity contribution in [3.05, 3.63) is 0 Å². The van der Waals surface area contributed by atoms with Crippen molar-refractivity contribution in [3.63, 3.8) is 0 Å². The first kappa shape index (κ1) is 10.2. The lowest BCUT2D eigenvalue weighted by molar-refractivity contribution is 0.543.